The number of aromatic nitrogens is 1. The number of piperidine rings is 1. The van der Waals surface area contributed by atoms with Gasteiger partial charge in [-0.2, -0.15) is 0 Å². The van der Waals surface area contributed by atoms with Gasteiger partial charge in [0.2, 0.25) is 0 Å². The first-order chi connectivity index (χ1) is 6.34. The summed E-state index contributed by atoms with van der Waals surface area (Å²) in [5, 5.41) is 0. The van der Waals surface area contributed by atoms with Crippen LogP contribution in [0.25, 0.3) is 0 Å². The van der Waals surface area contributed by atoms with E-state index in [2.05, 4.69) is 14.3 Å². The Hall–Kier alpha value is -1.03. The number of hydrogen-bond acceptors (Lipinski definition) is 3. The van der Waals surface area contributed by atoms with Crippen molar-refractivity contribution >= 4 is 0 Å². The van der Waals surface area contributed by atoms with Gasteiger partial charge in [-0.05, 0) is 25.9 Å². The molecule has 2 rings (SSSR count). The summed E-state index contributed by atoms with van der Waals surface area (Å²) in [6.07, 6.45) is 5.37. The van der Waals surface area contributed by atoms with Crippen LogP contribution in [0.15, 0.2) is 15.5 Å². The van der Waals surface area contributed by atoms with Crippen molar-refractivity contribution in [2.24, 2.45) is 0 Å². The number of H-pyrrole nitrogens is 1. The lowest BCUT2D eigenvalue weighted by Crippen LogP contribution is -2.29. The van der Waals surface area contributed by atoms with Gasteiger partial charge in [-0.15, -0.1) is 0 Å². The average Bonchev–Trinajstić information content (AvgIpc) is 2.53. The predicted molar refractivity (Wildman–Crippen MR) is 48.5 cm³/mol. The van der Waals surface area contributed by atoms with Gasteiger partial charge in [0.25, 0.3) is 0 Å². The molecule has 0 amide bonds. The fourth-order valence-corrected chi connectivity index (χ4v) is 1.75. The van der Waals surface area contributed by atoms with E-state index in [1.165, 1.54) is 25.5 Å². The van der Waals surface area contributed by atoms with Crippen LogP contribution in [0.4, 0.5) is 0 Å². The van der Waals surface area contributed by atoms with Gasteiger partial charge in [0.1, 0.15) is 6.26 Å². The largest absolute Gasteiger partial charge is 0.416 e. The summed E-state index contributed by atoms with van der Waals surface area (Å²) in [5.74, 6) is -0.355. The molecule has 2 heterocycles. The standard InChI is InChI=1S/C9H14N2O2/c12-9-10-8(7-13-9)6-11-4-2-1-3-5-11/h7H,1-6H2,(H,10,12). The molecule has 4 nitrogen and oxygen atoms in total. The van der Waals surface area contributed by atoms with E-state index in [-0.39, 0.29) is 5.76 Å². The minimum atomic E-state index is -0.355. The van der Waals surface area contributed by atoms with Gasteiger partial charge in [0, 0.05) is 6.54 Å². The van der Waals surface area contributed by atoms with Crippen LogP contribution < -0.4 is 5.76 Å². The zero-order valence-corrected chi connectivity index (χ0v) is 7.58. The Morgan fingerprint density at radius 3 is 2.77 bits per heavy atom. The Labute approximate surface area is 76.6 Å². The molecular weight excluding hydrogens is 168 g/mol. The van der Waals surface area contributed by atoms with E-state index >= 15 is 0 Å². The van der Waals surface area contributed by atoms with Crippen LogP contribution in [-0.2, 0) is 6.54 Å². The van der Waals surface area contributed by atoms with Gasteiger partial charge in [-0.25, -0.2) is 4.79 Å². The van der Waals surface area contributed by atoms with Crippen LogP contribution in [0, 0.1) is 0 Å². The molecule has 1 N–H and O–H groups in total. The monoisotopic (exact) mass is 182 g/mol. The molecule has 1 aromatic heterocycles. The molecule has 1 aliphatic heterocycles. The summed E-state index contributed by atoms with van der Waals surface area (Å²) in [4.78, 5) is 15.7. The molecule has 0 atom stereocenters. The Bertz CT molecular complexity index is 309. The highest BCUT2D eigenvalue weighted by Crippen LogP contribution is 2.10. The molecule has 0 aliphatic carbocycles. The van der Waals surface area contributed by atoms with E-state index in [4.69, 9.17) is 0 Å². The summed E-state index contributed by atoms with van der Waals surface area (Å²) in [7, 11) is 0. The first kappa shape index (κ1) is 8.56. The van der Waals surface area contributed by atoms with E-state index in [1.54, 1.807) is 0 Å². The number of nitrogens with zero attached hydrogens (tertiary/aromatic N) is 1. The SMILES string of the molecule is O=c1[nH]c(CN2CCCCC2)co1. The molecular formula is C9H14N2O2. The molecule has 0 radical (unpaired) electrons. The first-order valence-electron chi connectivity index (χ1n) is 4.73. The van der Waals surface area contributed by atoms with Crippen molar-refractivity contribution in [1.29, 1.82) is 0 Å². The number of aromatic amines is 1. The highest BCUT2D eigenvalue weighted by atomic mass is 16.4. The number of hydrogen-bond donors (Lipinski definition) is 1. The zero-order chi connectivity index (χ0) is 9.10. The summed E-state index contributed by atoms with van der Waals surface area (Å²) >= 11 is 0. The van der Waals surface area contributed by atoms with Gasteiger partial charge < -0.3 is 4.42 Å². The second-order valence-electron chi connectivity index (χ2n) is 3.51. The molecule has 72 valence electrons. The molecule has 0 bridgehead atoms. The molecule has 0 aromatic carbocycles. The van der Waals surface area contributed by atoms with E-state index < -0.39 is 0 Å². The van der Waals surface area contributed by atoms with Crippen LogP contribution in [-0.4, -0.2) is 23.0 Å². The van der Waals surface area contributed by atoms with E-state index in [9.17, 15) is 4.79 Å². The summed E-state index contributed by atoms with van der Waals surface area (Å²) in [5.41, 5.74) is 0.881. The van der Waals surface area contributed by atoms with E-state index in [1.807, 2.05) is 0 Å². The normalized spacial score (nSPS) is 19.1. The summed E-state index contributed by atoms with van der Waals surface area (Å²) in [6.45, 7) is 3.08. The number of likely N-dealkylation sites (tertiary alicyclic amines) is 1. The van der Waals surface area contributed by atoms with Crippen molar-refractivity contribution in [3.8, 4) is 0 Å². The third kappa shape index (κ3) is 2.21. The zero-order valence-electron chi connectivity index (χ0n) is 7.58. The van der Waals surface area contributed by atoms with Gasteiger partial charge >= 0.3 is 5.76 Å². The molecule has 0 spiro atoms. The quantitative estimate of drug-likeness (QED) is 0.741. The second kappa shape index (κ2) is 3.79. The summed E-state index contributed by atoms with van der Waals surface area (Å²) in [6, 6.07) is 0. The molecule has 1 saturated heterocycles. The molecule has 0 saturated carbocycles. The second-order valence-corrected chi connectivity index (χ2v) is 3.51. The number of rotatable bonds is 2. The third-order valence-electron chi connectivity index (χ3n) is 2.41. The lowest BCUT2D eigenvalue weighted by molar-refractivity contribution is 0.218. The smallest absolute Gasteiger partial charge is 0.416 e. The molecule has 1 aromatic rings. The number of nitrogens with one attached hydrogen (secondary N) is 1. The molecule has 1 aliphatic rings. The molecule has 1 fully saturated rings. The minimum absolute atomic E-state index is 0.355. The van der Waals surface area contributed by atoms with Crippen molar-refractivity contribution in [2.45, 2.75) is 25.8 Å². The Morgan fingerprint density at radius 2 is 2.15 bits per heavy atom. The van der Waals surface area contributed by atoms with Crippen molar-refractivity contribution in [3.05, 3.63) is 22.5 Å². The summed E-state index contributed by atoms with van der Waals surface area (Å²) < 4.78 is 4.67. The van der Waals surface area contributed by atoms with Gasteiger partial charge in [0.05, 0.1) is 5.69 Å². The first-order valence-corrected chi connectivity index (χ1v) is 4.73. The van der Waals surface area contributed by atoms with Gasteiger partial charge in [0.15, 0.2) is 0 Å². The predicted octanol–water partition coefficient (Wildman–Crippen LogP) is 0.954. The van der Waals surface area contributed by atoms with Gasteiger partial charge in [-0.1, -0.05) is 6.42 Å². The maximum atomic E-state index is 10.7. The fraction of sp³-hybridized carbons (Fsp3) is 0.667. The highest BCUT2D eigenvalue weighted by molar-refractivity contribution is 4.91. The Kier molecular flexibility index (Phi) is 2.49. The molecule has 13 heavy (non-hydrogen) atoms. The van der Waals surface area contributed by atoms with Crippen LogP contribution >= 0.6 is 0 Å². The van der Waals surface area contributed by atoms with Crippen molar-refractivity contribution < 1.29 is 4.42 Å². The van der Waals surface area contributed by atoms with Crippen LogP contribution in [0.3, 0.4) is 0 Å². The minimum Gasteiger partial charge on any atom is -0.416 e. The van der Waals surface area contributed by atoms with Crippen molar-refractivity contribution in [2.75, 3.05) is 13.1 Å². The van der Waals surface area contributed by atoms with Crippen LogP contribution in [0.2, 0.25) is 0 Å². The lowest BCUT2D eigenvalue weighted by Gasteiger charge is -2.25. The lowest BCUT2D eigenvalue weighted by atomic mass is 10.1. The average molecular weight is 182 g/mol. The van der Waals surface area contributed by atoms with Crippen molar-refractivity contribution in [1.82, 2.24) is 9.88 Å². The van der Waals surface area contributed by atoms with Gasteiger partial charge in [-0.3, -0.25) is 9.88 Å². The van der Waals surface area contributed by atoms with E-state index in [0.29, 0.717) is 0 Å². The van der Waals surface area contributed by atoms with Crippen LogP contribution in [0.5, 0.6) is 0 Å². The Balaban J connectivity index is 1.93. The molecule has 0 unspecified atom stereocenters. The Morgan fingerprint density at radius 1 is 1.38 bits per heavy atom. The van der Waals surface area contributed by atoms with Crippen molar-refractivity contribution in [3.63, 3.8) is 0 Å². The van der Waals surface area contributed by atoms with E-state index in [0.717, 1.165) is 25.3 Å². The topological polar surface area (TPSA) is 49.2 Å². The highest BCUT2D eigenvalue weighted by Gasteiger charge is 2.11. The maximum Gasteiger partial charge on any atom is 0.416 e. The third-order valence-corrected chi connectivity index (χ3v) is 2.41. The fourth-order valence-electron chi connectivity index (χ4n) is 1.75. The molecule has 4 heteroatoms. The maximum absolute atomic E-state index is 10.7. The number of oxazole rings is 1. The van der Waals surface area contributed by atoms with Crippen LogP contribution in [0.1, 0.15) is 25.0 Å².